The summed E-state index contributed by atoms with van der Waals surface area (Å²) in [4.78, 5) is 18.1. The van der Waals surface area contributed by atoms with Crippen LogP contribution in [0.2, 0.25) is 0 Å². The summed E-state index contributed by atoms with van der Waals surface area (Å²) in [7, 11) is 0. The van der Waals surface area contributed by atoms with Crippen LogP contribution >= 0.6 is 0 Å². The maximum absolute atomic E-state index is 13.8. The predicted octanol–water partition coefficient (Wildman–Crippen LogP) is 7.59. The Balaban J connectivity index is 1.28. The van der Waals surface area contributed by atoms with Gasteiger partial charge in [0.1, 0.15) is 12.4 Å². The number of benzene rings is 1. The van der Waals surface area contributed by atoms with E-state index in [-0.39, 0.29) is 11.3 Å². The first-order valence-corrected chi connectivity index (χ1v) is 13.7. The minimum absolute atomic E-state index is 0.164. The number of carbonyl (C=O) groups excluding carboxylic acids is 1. The molecule has 0 saturated heterocycles. The molecular formula is C32H40N2O2. The molecule has 3 aliphatic rings. The zero-order chi connectivity index (χ0) is 25.3. The summed E-state index contributed by atoms with van der Waals surface area (Å²) >= 11 is 0. The lowest BCUT2D eigenvalue weighted by Crippen LogP contribution is -2.51. The maximum atomic E-state index is 13.8. The quantitative estimate of drug-likeness (QED) is 0.459. The van der Waals surface area contributed by atoms with Gasteiger partial charge in [-0.25, -0.2) is 0 Å². The normalized spacial score (nSPS) is 29.5. The fraction of sp³-hybridized carbons (Fsp3) is 0.500. The van der Waals surface area contributed by atoms with Gasteiger partial charge in [0, 0.05) is 11.9 Å². The van der Waals surface area contributed by atoms with Gasteiger partial charge in [0.05, 0.1) is 11.1 Å². The van der Waals surface area contributed by atoms with E-state index in [4.69, 9.17) is 4.74 Å². The van der Waals surface area contributed by atoms with Gasteiger partial charge in [-0.3, -0.25) is 9.78 Å². The van der Waals surface area contributed by atoms with Crippen LogP contribution in [-0.4, -0.2) is 10.9 Å². The van der Waals surface area contributed by atoms with Crippen LogP contribution in [0.1, 0.15) is 65.5 Å². The molecule has 0 radical (unpaired) electrons. The molecule has 36 heavy (non-hydrogen) atoms. The second kappa shape index (κ2) is 10.2. The van der Waals surface area contributed by atoms with Crippen LogP contribution in [0, 0.1) is 35.0 Å². The number of nitrogens with zero attached hydrogens (tertiary/aromatic N) is 1. The SMILES string of the molecule is CC(C)C1=CC2=CC[C@@H]3[C@H]([C@@H](C)CC[C@@]3(C)C(=O)Nc3ccc(OCc4ccccn4)cc3)[C@H]2CC1. The van der Waals surface area contributed by atoms with Gasteiger partial charge in [0.2, 0.25) is 5.91 Å². The van der Waals surface area contributed by atoms with E-state index >= 15 is 0 Å². The molecule has 2 aromatic rings. The van der Waals surface area contributed by atoms with Crippen molar-refractivity contribution in [2.75, 3.05) is 5.32 Å². The third kappa shape index (κ3) is 4.87. The number of pyridine rings is 1. The van der Waals surface area contributed by atoms with Crippen LogP contribution in [0.4, 0.5) is 5.69 Å². The number of carbonyl (C=O) groups is 1. The van der Waals surface area contributed by atoms with Gasteiger partial charge in [-0.2, -0.15) is 0 Å². The summed E-state index contributed by atoms with van der Waals surface area (Å²) in [5, 5.41) is 3.26. The fourth-order valence-corrected chi connectivity index (χ4v) is 6.88. The summed E-state index contributed by atoms with van der Waals surface area (Å²) in [6, 6.07) is 13.5. The number of nitrogens with one attached hydrogen (secondary N) is 1. The second-order valence-electron chi connectivity index (χ2n) is 11.7. The zero-order valence-electron chi connectivity index (χ0n) is 22.2. The van der Waals surface area contributed by atoms with Gasteiger partial charge in [0.25, 0.3) is 0 Å². The number of aromatic nitrogens is 1. The highest BCUT2D eigenvalue weighted by molar-refractivity contribution is 5.95. The van der Waals surface area contributed by atoms with Crippen molar-refractivity contribution in [1.82, 2.24) is 4.98 Å². The largest absolute Gasteiger partial charge is 0.487 e. The van der Waals surface area contributed by atoms with E-state index in [2.05, 4.69) is 50.1 Å². The van der Waals surface area contributed by atoms with E-state index in [1.165, 1.54) is 12.8 Å². The summed E-state index contributed by atoms with van der Waals surface area (Å²) in [6.07, 6.45) is 12.2. The van der Waals surface area contributed by atoms with E-state index in [1.807, 2.05) is 42.5 Å². The Labute approximate surface area is 216 Å². The molecule has 5 rings (SSSR count). The topological polar surface area (TPSA) is 51.2 Å². The Kier molecular flexibility index (Phi) is 7.05. The number of anilines is 1. The Hall–Kier alpha value is -2.88. The van der Waals surface area contributed by atoms with Crippen molar-refractivity contribution >= 4 is 11.6 Å². The molecule has 4 heteroatoms. The second-order valence-corrected chi connectivity index (χ2v) is 11.7. The van der Waals surface area contributed by atoms with Crippen LogP contribution in [0.3, 0.4) is 0 Å². The lowest BCUT2D eigenvalue weighted by molar-refractivity contribution is -0.134. The average Bonchev–Trinajstić information content (AvgIpc) is 2.90. The minimum Gasteiger partial charge on any atom is -0.487 e. The van der Waals surface area contributed by atoms with E-state index in [0.29, 0.717) is 36.2 Å². The average molecular weight is 485 g/mol. The van der Waals surface area contributed by atoms with Crippen molar-refractivity contribution in [3.63, 3.8) is 0 Å². The highest BCUT2D eigenvalue weighted by Crippen LogP contribution is 2.57. The Morgan fingerprint density at radius 2 is 1.97 bits per heavy atom. The molecule has 3 aliphatic carbocycles. The molecule has 5 atom stereocenters. The Morgan fingerprint density at radius 1 is 1.17 bits per heavy atom. The van der Waals surface area contributed by atoms with Gasteiger partial charge < -0.3 is 10.1 Å². The van der Waals surface area contributed by atoms with Gasteiger partial charge in [-0.15, -0.1) is 0 Å². The summed E-state index contributed by atoms with van der Waals surface area (Å²) in [5.74, 6) is 3.80. The molecule has 1 N–H and O–H groups in total. The number of fused-ring (bicyclic) bond motifs is 3. The van der Waals surface area contributed by atoms with Crippen LogP contribution in [0.25, 0.3) is 0 Å². The van der Waals surface area contributed by atoms with Crippen molar-refractivity contribution in [3.8, 4) is 5.75 Å². The van der Waals surface area contributed by atoms with Crippen LogP contribution in [0.15, 0.2) is 72.0 Å². The third-order valence-corrected chi connectivity index (χ3v) is 9.14. The van der Waals surface area contributed by atoms with Crippen LogP contribution in [-0.2, 0) is 11.4 Å². The molecule has 4 nitrogen and oxygen atoms in total. The molecule has 1 saturated carbocycles. The molecule has 0 aliphatic heterocycles. The number of allylic oxidation sites excluding steroid dienone is 4. The molecule has 0 bridgehead atoms. The molecule has 1 fully saturated rings. The molecule has 1 aromatic heterocycles. The van der Waals surface area contributed by atoms with Gasteiger partial charge in [-0.1, -0.05) is 51.5 Å². The first-order chi connectivity index (χ1) is 17.3. The predicted molar refractivity (Wildman–Crippen MR) is 145 cm³/mol. The highest BCUT2D eigenvalue weighted by Gasteiger charge is 2.53. The third-order valence-electron chi connectivity index (χ3n) is 9.14. The molecule has 0 unspecified atom stereocenters. The number of amides is 1. The molecule has 190 valence electrons. The number of hydrogen-bond donors (Lipinski definition) is 1. The van der Waals surface area contributed by atoms with Crippen LogP contribution < -0.4 is 10.1 Å². The summed E-state index contributed by atoms with van der Waals surface area (Å²) in [5.41, 5.74) is 4.50. The standard InChI is InChI=1S/C32H40N2O2/c1-21(2)23-8-14-28-24(19-23)9-15-29-30(28)22(3)16-17-32(29,4)31(35)34-25-10-12-27(13-11-25)36-20-26-7-5-6-18-33-26/h5-7,9-13,18-19,21-22,28-30H,8,14-17,20H2,1-4H3,(H,34,35)/t22-,28-,29+,30+,32+/m0/s1. The van der Waals surface area contributed by atoms with Crippen molar-refractivity contribution in [1.29, 1.82) is 0 Å². The molecule has 1 amide bonds. The monoisotopic (exact) mass is 484 g/mol. The van der Waals surface area contributed by atoms with Gasteiger partial charge in [-0.05, 0) is 104 Å². The lowest BCUT2D eigenvalue weighted by atomic mass is 9.51. The first-order valence-electron chi connectivity index (χ1n) is 13.7. The van der Waals surface area contributed by atoms with E-state index in [9.17, 15) is 4.79 Å². The van der Waals surface area contributed by atoms with E-state index in [0.717, 1.165) is 36.4 Å². The summed E-state index contributed by atoms with van der Waals surface area (Å²) in [6.45, 7) is 9.68. The van der Waals surface area contributed by atoms with E-state index in [1.54, 1.807) is 17.3 Å². The fourth-order valence-electron chi connectivity index (χ4n) is 6.88. The van der Waals surface area contributed by atoms with Gasteiger partial charge in [0.15, 0.2) is 0 Å². The van der Waals surface area contributed by atoms with Crippen molar-refractivity contribution in [2.45, 2.75) is 66.4 Å². The zero-order valence-corrected chi connectivity index (χ0v) is 22.2. The smallest absolute Gasteiger partial charge is 0.230 e. The Bertz CT molecular complexity index is 1130. The molecular weight excluding hydrogens is 444 g/mol. The lowest BCUT2D eigenvalue weighted by Gasteiger charge is -2.53. The van der Waals surface area contributed by atoms with Crippen molar-refractivity contribution in [2.24, 2.45) is 35.0 Å². The molecule has 1 heterocycles. The summed E-state index contributed by atoms with van der Waals surface area (Å²) < 4.78 is 5.86. The molecule has 0 spiro atoms. The maximum Gasteiger partial charge on any atom is 0.230 e. The number of ether oxygens (including phenoxy) is 1. The Morgan fingerprint density at radius 3 is 2.69 bits per heavy atom. The first kappa shape index (κ1) is 24.8. The van der Waals surface area contributed by atoms with Gasteiger partial charge >= 0.3 is 0 Å². The molecule has 1 aromatic carbocycles. The highest BCUT2D eigenvalue weighted by atomic mass is 16.5. The number of rotatable bonds is 6. The van der Waals surface area contributed by atoms with E-state index < -0.39 is 0 Å². The van der Waals surface area contributed by atoms with Crippen LogP contribution in [0.5, 0.6) is 5.75 Å². The van der Waals surface area contributed by atoms with Crippen molar-refractivity contribution in [3.05, 3.63) is 77.7 Å². The van der Waals surface area contributed by atoms with Crippen molar-refractivity contribution < 1.29 is 9.53 Å². The number of hydrogen-bond acceptors (Lipinski definition) is 3. The minimum atomic E-state index is -0.352.